The van der Waals surface area contributed by atoms with Crippen LogP contribution in [0.2, 0.25) is 0 Å². The Morgan fingerprint density at radius 2 is 0.398 bits per heavy atom. The first-order chi connectivity index (χ1) is 65.2. The quantitative estimate of drug-likeness (QED) is 0.0146. The molecule has 0 spiro atoms. The van der Waals surface area contributed by atoms with E-state index in [9.17, 15) is 43.5 Å². The summed E-state index contributed by atoms with van der Waals surface area (Å²) in [6, 6.07) is 0. The fourth-order valence-corrected chi connectivity index (χ4v) is 16.6. The molecule has 0 saturated heterocycles. The summed E-state index contributed by atoms with van der Waals surface area (Å²) in [6.45, 7) is 2.52. The highest BCUT2D eigenvalue weighted by molar-refractivity contribution is 7.47. The van der Waals surface area contributed by atoms with Crippen molar-refractivity contribution >= 4 is 33.6 Å². The monoisotopic (exact) mass is 1900 g/mol. The molecule has 133 heavy (non-hydrogen) atoms. The summed E-state index contributed by atoms with van der Waals surface area (Å²) in [6.07, 6.45) is 141. The van der Waals surface area contributed by atoms with Crippen LogP contribution in [0.15, 0.2) is 182 Å². The fraction of sp³-hybridized carbons (Fsp3) is 0.713. The van der Waals surface area contributed by atoms with E-state index in [4.69, 9.17) is 32.3 Å². The standard InChI is InChI=1S/C115H198O16P2/c1-4-7-10-13-16-19-22-25-28-31-34-37-40-43-46-49-52-53-54-55-58-60-62-65-68-71-74-77-80-83-86-89-92-95-98-101-113(118)125-104-110(116)105-127-132(121,122)128-106-111(117)107-129-133(123,124)130-109-112(131-115(120)103-100-97-94-91-88-85-82-79-76-73-70-67-64-61-57-51-48-45-42-39-36-33-30-27-24-21-18-15-12-9-6-3)108-126-114(119)102-99-96-93-90-87-84-81-78-75-72-69-66-63-59-56-50-47-44-41-38-35-32-29-26-23-20-17-14-11-8-5-2/h7-8,10-11,16-21,25-30,34-39,43-48,52-53,110-112,116-117H,4-6,9,12-15,22-24,31-33,40-42,49-51,54-109H2,1-3H3,(H,121,122)(H,123,124)/b10-7-,11-8-,19-16-,20-17-,21-18-,28-25-,29-26-,30-27-,37-34-,38-35-,39-36-,46-43-,47-44-,48-45-,53-52-. The molecule has 0 aliphatic rings. The summed E-state index contributed by atoms with van der Waals surface area (Å²) >= 11 is 0. The molecule has 0 aliphatic carbocycles. The number of rotatable bonds is 102. The summed E-state index contributed by atoms with van der Waals surface area (Å²) in [5.74, 6) is -1.55. The summed E-state index contributed by atoms with van der Waals surface area (Å²) < 4.78 is 61.8. The molecule has 18 heteroatoms. The second-order valence-electron chi connectivity index (χ2n) is 36.0. The molecule has 0 heterocycles. The first-order valence-electron chi connectivity index (χ1n) is 54.1. The van der Waals surface area contributed by atoms with Crippen LogP contribution < -0.4 is 0 Å². The number of hydrogen-bond donors (Lipinski definition) is 4. The van der Waals surface area contributed by atoms with Crippen molar-refractivity contribution in [3.63, 3.8) is 0 Å². The van der Waals surface area contributed by atoms with Gasteiger partial charge >= 0.3 is 33.6 Å². The van der Waals surface area contributed by atoms with E-state index < -0.39 is 91.5 Å². The SMILES string of the molecule is CC/C=C\C/C=C\C/C=C\C/C=C\C/C=C\C/C=C\CCCCCCCCCCCCCCCCCCC(=O)OCC(O)COP(=O)(O)OCC(O)COP(=O)(O)OCC(COC(=O)CCCCCCCCCCCCCCCCC/C=C\C/C=C\C/C=C\C/C=C\C/C=C\CC)OC(=O)CCCCCCCCCCCCCCCCC/C=C\C/C=C\C/C=C\C/C=C\CCCCC. The van der Waals surface area contributed by atoms with E-state index in [0.717, 1.165) is 154 Å². The second kappa shape index (κ2) is 106. The lowest BCUT2D eigenvalue weighted by Crippen LogP contribution is -2.30. The first-order valence-corrected chi connectivity index (χ1v) is 57.1. The maximum atomic E-state index is 13.2. The molecule has 4 N–H and O–H groups in total. The minimum atomic E-state index is -4.95. The van der Waals surface area contributed by atoms with E-state index in [1.807, 2.05) is 0 Å². The van der Waals surface area contributed by atoms with Gasteiger partial charge in [0.15, 0.2) is 6.10 Å². The van der Waals surface area contributed by atoms with Gasteiger partial charge in [-0.25, -0.2) is 9.13 Å². The van der Waals surface area contributed by atoms with Gasteiger partial charge in [-0.15, -0.1) is 0 Å². The number of aliphatic hydroxyl groups excluding tert-OH is 2. The van der Waals surface area contributed by atoms with Crippen LogP contribution in [0.1, 0.15) is 470 Å². The predicted octanol–water partition coefficient (Wildman–Crippen LogP) is 34.7. The number of hydrogen-bond acceptors (Lipinski definition) is 14. The number of esters is 3. The highest BCUT2D eigenvalue weighted by Gasteiger charge is 2.30. The first kappa shape index (κ1) is 128. The lowest BCUT2D eigenvalue weighted by Gasteiger charge is -2.21. The molecule has 764 valence electrons. The maximum absolute atomic E-state index is 13.2. The number of phosphoric ester groups is 2. The van der Waals surface area contributed by atoms with Crippen LogP contribution in [-0.4, -0.2) is 95.9 Å². The van der Waals surface area contributed by atoms with Gasteiger partial charge in [0, 0.05) is 19.3 Å². The normalized spacial score (nSPS) is 14.3. The fourth-order valence-electron chi connectivity index (χ4n) is 15.0. The van der Waals surface area contributed by atoms with Crippen molar-refractivity contribution in [2.24, 2.45) is 0 Å². The Labute approximate surface area is 815 Å². The minimum Gasteiger partial charge on any atom is -0.463 e. The molecule has 0 bridgehead atoms. The van der Waals surface area contributed by atoms with Crippen LogP contribution in [0.25, 0.3) is 0 Å². The number of carbonyl (C=O) groups excluding carboxylic acids is 3. The number of unbranched alkanes of at least 4 members (excludes halogenated alkanes) is 49. The van der Waals surface area contributed by atoms with Crippen molar-refractivity contribution in [2.75, 3.05) is 39.6 Å². The summed E-state index contributed by atoms with van der Waals surface area (Å²) in [5.41, 5.74) is 0. The van der Waals surface area contributed by atoms with Crippen LogP contribution in [-0.2, 0) is 55.8 Å². The average Bonchev–Trinajstić information content (AvgIpc) is 0.896. The molecule has 0 fully saturated rings. The molecule has 0 saturated carbocycles. The molecule has 0 amide bonds. The summed E-state index contributed by atoms with van der Waals surface area (Å²) in [5, 5.41) is 20.8. The molecule has 5 atom stereocenters. The lowest BCUT2D eigenvalue weighted by molar-refractivity contribution is -0.161. The van der Waals surface area contributed by atoms with E-state index >= 15 is 0 Å². The zero-order valence-corrected chi connectivity index (χ0v) is 86.7. The smallest absolute Gasteiger partial charge is 0.463 e. The van der Waals surface area contributed by atoms with Gasteiger partial charge < -0.3 is 34.2 Å². The molecule has 0 aliphatic heterocycles. The Bertz CT molecular complexity index is 3150. The highest BCUT2D eigenvalue weighted by Crippen LogP contribution is 2.45. The van der Waals surface area contributed by atoms with Crippen molar-refractivity contribution in [3.8, 4) is 0 Å². The van der Waals surface area contributed by atoms with Gasteiger partial charge in [0.1, 0.15) is 25.4 Å². The molecular formula is C115H198O16P2. The van der Waals surface area contributed by atoms with E-state index in [2.05, 4.69) is 203 Å². The Morgan fingerprint density at radius 3 is 0.632 bits per heavy atom. The average molecular weight is 1900 g/mol. The van der Waals surface area contributed by atoms with Crippen molar-refractivity contribution < 1.29 is 75.8 Å². The van der Waals surface area contributed by atoms with E-state index in [0.29, 0.717) is 19.3 Å². The van der Waals surface area contributed by atoms with Gasteiger partial charge in [-0.1, -0.05) is 473 Å². The molecule has 0 aromatic carbocycles. The molecule has 5 unspecified atom stereocenters. The van der Waals surface area contributed by atoms with Gasteiger partial charge in [0.05, 0.1) is 26.4 Å². The van der Waals surface area contributed by atoms with Crippen LogP contribution in [0.3, 0.4) is 0 Å². The highest BCUT2D eigenvalue weighted by atomic mass is 31.2. The Hall–Kier alpha value is -5.35. The molecule has 16 nitrogen and oxygen atoms in total. The summed E-state index contributed by atoms with van der Waals surface area (Å²) in [4.78, 5) is 59.3. The van der Waals surface area contributed by atoms with Crippen molar-refractivity contribution in [2.45, 2.75) is 489 Å². The topological polar surface area (TPSA) is 231 Å². The Morgan fingerprint density at radius 1 is 0.218 bits per heavy atom. The minimum absolute atomic E-state index is 0.103. The second-order valence-corrected chi connectivity index (χ2v) is 38.9. The number of phosphoric acid groups is 2. The predicted molar refractivity (Wildman–Crippen MR) is 565 cm³/mol. The third-order valence-corrected chi connectivity index (χ3v) is 25.0. The number of aliphatic hydroxyl groups is 2. The summed E-state index contributed by atoms with van der Waals surface area (Å²) in [7, 11) is -9.82. The third kappa shape index (κ3) is 107. The van der Waals surface area contributed by atoms with Gasteiger partial charge in [-0.2, -0.15) is 0 Å². The van der Waals surface area contributed by atoms with Gasteiger partial charge in [0.2, 0.25) is 0 Å². The number of ether oxygens (including phenoxy) is 3. The van der Waals surface area contributed by atoms with Crippen molar-refractivity contribution in [1.29, 1.82) is 0 Å². The number of carbonyl (C=O) groups is 3. The van der Waals surface area contributed by atoms with E-state index in [1.165, 1.54) is 257 Å². The third-order valence-electron chi connectivity index (χ3n) is 23.1. The lowest BCUT2D eigenvalue weighted by atomic mass is 10.0. The van der Waals surface area contributed by atoms with Gasteiger partial charge in [0.25, 0.3) is 0 Å². The molecule has 0 radical (unpaired) electrons. The van der Waals surface area contributed by atoms with Crippen molar-refractivity contribution in [1.82, 2.24) is 0 Å². The number of allylic oxidation sites excluding steroid dienone is 30. The molecular weight excluding hydrogens is 1700 g/mol. The van der Waals surface area contributed by atoms with Crippen LogP contribution >= 0.6 is 15.6 Å². The Balaban J connectivity index is 4.60. The van der Waals surface area contributed by atoms with Crippen molar-refractivity contribution in [3.05, 3.63) is 182 Å². The molecule has 0 aromatic heterocycles. The van der Waals surface area contributed by atoms with Crippen LogP contribution in [0.4, 0.5) is 0 Å². The Kier molecular flexibility index (Phi) is 101. The largest absolute Gasteiger partial charge is 0.472 e. The molecule has 0 rings (SSSR count). The van der Waals surface area contributed by atoms with E-state index in [-0.39, 0.29) is 19.3 Å². The molecule has 0 aromatic rings. The maximum Gasteiger partial charge on any atom is 0.472 e. The van der Waals surface area contributed by atoms with Gasteiger partial charge in [-0.3, -0.25) is 32.5 Å². The zero-order chi connectivity index (χ0) is 96.4. The van der Waals surface area contributed by atoms with Crippen LogP contribution in [0.5, 0.6) is 0 Å². The zero-order valence-electron chi connectivity index (χ0n) is 84.9. The van der Waals surface area contributed by atoms with E-state index in [1.54, 1.807) is 0 Å². The van der Waals surface area contributed by atoms with Gasteiger partial charge in [-0.05, 0) is 161 Å². The van der Waals surface area contributed by atoms with Crippen LogP contribution in [0, 0.1) is 0 Å².